The van der Waals surface area contributed by atoms with Gasteiger partial charge in [0.1, 0.15) is 11.1 Å². The molecule has 0 aliphatic carbocycles. The molecule has 0 spiro atoms. The number of ether oxygens (including phenoxy) is 1. The van der Waals surface area contributed by atoms with Gasteiger partial charge in [-0.1, -0.05) is 13.0 Å². The van der Waals surface area contributed by atoms with Gasteiger partial charge in [0.2, 0.25) is 11.5 Å². The molecule has 1 aromatic carbocycles. The number of rotatable bonds is 6. The maximum absolute atomic E-state index is 11.8. The topological polar surface area (TPSA) is 106 Å². The van der Waals surface area contributed by atoms with Crippen molar-refractivity contribution in [3.8, 4) is 5.75 Å². The number of fused-ring (bicyclic) bond motifs is 2. The second-order valence-corrected chi connectivity index (χ2v) is 7.39. The first-order valence-electron chi connectivity index (χ1n) is 9.70. The lowest BCUT2D eigenvalue weighted by Gasteiger charge is -2.34. The standard InChI is InChI=1S/C20H25N5O3/c1-13-19(27)23-20-22-16-6-5-15(11-14(16)12-25(13)20)28-18(8-7-17(21)26)24-9-3-2-4-10-24/h5-6,11,18H,1-4,7-10,12H2,(H2,21,26)(H,22,23,27). The highest BCUT2D eigenvalue weighted by Gasteiger charge is 2.23. The van der Waals surface area contributed by atoms with Gasteiger partial charge in [0.05, 0.1) is 12.2 Å². The molecule has 1 unspecified atom stereocenters. The predicted molar refractivity (Wildman–Crippen MR) is 105 cm³/mol. The van der Waals surface area contributed by atoms with E-state index in [4.69, 9.17) is 10.5 Å². The Kier molecular flexibility index (Phi) is 5.04. The first-order chi connectivity index (χ1) is 13.5. The van der Waals surface area contributed by atoms with Crippen molar-refractivity contribution in [2.75, 3.05) is 13.1 Å². The van der Waals surface area contributed by atoms with E-state index in [9.17, 15) is 9.59 Å². The Morgan fingerprint density at radius 2 is 2.11 bits per heavy atom. The van der Waals surface area contributed by atoms with Crippen LogP contribution in [0.2, 0.25) is 0 Å². The van der Waals surface area contributed by atoms with Crippen LogP contribution in [0.25, 0.3) is 6.58 Å². The van der Waals surface area contributed by atoms with Crippen LogP contribution in [0.3, 0.4) is 0 Å². The third-order valence-corrected chi connectivity index (χ3v) is 5.38. The van der Waals surface area contributed by atoms with Gasteiger partial charge < -0.3 is 15.0 Å². The van der Waals surface area contributed by atoms with Crippen LogP contribution >= 0.6 is 0 Å². The van der Waals surface area contributed by atoms with Crippen LogP contribution < -0.4 is 27.0 Å². The zero-order valence-corrected chi connectivity index (χ0v) is 15.8. The minimum atomic E-state index is -0.317. The molecule has 2 aliphatic rings. The first kappa shape index (κ1) is 18.5. The lowest BCUT2D eigenvalue weighted by Crippen LogP contribution is -2.43. The summed E-state index contributed by atoms with van der Waals surface area (Å²) in [5, 5.41) is 0.392. The van der Waals surface area contributed by atoms with Crippen LogP contribution in [0.4, 0.5) is 5.69 Å². The van der Waals surface area contributed by atoms with Crippen molar-refractivity contribution in [3.05, 3.63) is 45.1 Å². The lowest BCUT2D eigenvalue weighted by molar-refractivity contribution is -0.119. The number of nitrogens with two attached hydrogens (primary N) is 1. The number of likely N-dealkylation sites (tertiary alicyclic amines) is 1. The third kappa shape index (κ3) is 3.73. The Labute approximate surface area is 162 Å². The average Bonchev–Trinajstić information content (AvgIpc) is 2.97. The summed E-state index contributed by atoms with van der Waals surface area (Å²) in [4.78, 5) is 32.6. The fourth-order valence-corrected chi connectivity index (χ4v) is 3.85. The molecule has 3 heterocycles. The molecule has 2 aromatic rings. The molecule has 4 rings (SSSR count). The van der Waals surface area contributed by atoms with Crippen molar-refractivity contribution in [2.45, 2.75) is 44.9 Å². The van der Waals surface area contributed by atoms with Crippen LogP contribution in [-0.2, 0) is 11.3 Å². The van der Waals surface area contributed by atoms with E-state index >= 15 is 0 Å². The monoisotopic (exact) mass is 383 g/mol. The minimum Gasteiger partial charge on any atom is -0.475 e. The largest absolute Gasteiger partial charge is 0.475 e. The highest BCUT2D eigenvalue weighted by Crippen LogP contribution is 2.28. The molecule has 1 atom stereocenters. The Balaban J connectivity index is 1.57. The van der Waals surface area contributed by atoms with Gasteiger partial charge >= 0.3 is 0 Å². The lowest BCUT2D eigenvalue weighted by atomic mass is 10.1. The molecule has 8 heteroatoms. The summed E-state index contributed by atoms with van der Waals surface area (Å²) in [6, 6.07) is 5.72. The summed E-state index contributed by atoms with van der Waals surface area (Å²) in [6.45, 7) is 6.25. The first-order valence-corrected chi connectivity index (χ1v) is 9.70. The smallest absolute Gasteiger partial charge is 0.274 e. The molecule has 148 valence electrons. The van der Waals surface area contributed by atoms with Gasteiger partial charge in [0.25, 0.3) is 5.56 Å². The Hall–Kier alpha value is -2.87. The van der Waals surface area contributed by atoms with Gasteiger partial charge in [-0.3, -0.25) is 19.5 Å². The summed E-state index contributed by atoms with van der Waals surface area (Å²) < 4.78 is 8.04. The number of nitrogens with one attached hydrogen (secondary N) is 1. The fourth-order valence-electron chi connectivity index (χ4n) is 3.85. The minimum absolute atomic E-state index is 0.182. The van der Waals surface area contributed by atoms with Gasteiger partial charge in [0.15, 0.2) is 6.23 Å². The molecule has 1 amide bonds. The maximum atomic E-state index is 11.8. The number of nitrogens with zero attached hydrogens (tertiary/aromatic N) is 3. The quantitative estimate of drug-likeness (QED) is 0.641. The van der Waals surface area contributed by atoms with Crippen molar-refractivity contribution in [2.24, 2.45) is 10.7 Å². The summed E-state index contributed by atoms with van der Waals surface area (Å²) in [7, 11) is 0. The number of hydrogen-bond donors (Lipinski definition) is 2. The number of amides is 1. The molecule has 8 nitrogen and oxygen atoms in total. The average molecular weight is 383 g/mol. The predicted octanol–water partition coefficient (Wildman–Crippen LogP) is 0.356. The molecule has 0 saturated carbocycles. The molecule has 3 N–H and O–H groups in total. The molecule has 28 heavy (non-hydrogen) atoms. The van der Waals surface area contributed by atoms with E-state index < -0.39 is 0 Å². The van der Waals surface area contributed by atoms with Crippen LogP contribution in [0.1, 0.15) is 37.7 Å². The Morgan fingerprint density at radius 3 is 2.86 bits per heavy atom. The van der Waals surface area contributed by atoms with E-state index in [0.29, 0.717) is 30.4 Å². The second-order valence-electron chi connectivity index (χ2n) is 7.39. The highest BCUT2D eigenvalue weighted by atomic mass is 16.5. The number of hydrogen-bond acceptors (Lipinski definition) is 5. The molecule has 1 saturated heterocycles. The van der Waals surface area contributed by atoms with Crippen molar-refractivity contribution in [3.63, 3.8) is 0 Å². The number of aromatic nitrogens is 2. The van der Waals surface area contributed by atoms with Gasteiger partial charge in [0, 0.05) is 31.5 Å². The van der Waals surface area contributed by atoms with Gasteiger partial charge in [-0.15, -0.1) is 0 Å². The Bertz CT molecular complexity index is 1050. The normalized spacial score (nSPS) is 17.3. The number of aromatic amines is 1. The van der Waals surface area contributed by atoms with E-state index in [2.05, 4.69) is 21.5 Å². The molecular formula is C20H25N5O3. The maximum Gasteiger partial charge on any atom is 0.274 e. The van der Waals surface area contributed by atoms with E-state index in [0.717, 1.165) is 42.9 Å². The third-order valence-electron chi connectivity index (χ3n) is 5.38. The number of carbonyl (C=O) groups is 1. The summed E-state index contributed by atoms with van der Waals surface area (Å²) in [5.41, 5.74) is 7.42. The van der Waals surface area contributed by atoms with E-state index in [-0.39, 0.29) is 17.7 Å². The van der Waals surface area contributed by atoms with E-state index in [1.54, 1.807) is 4.57 Å². The van der Waals surface area contributed by atoms with Crippen molar-refractivity contribution in [1.29, 1.82) is 0 Å². The number of carbonyl (C=O) groups excluding carboxylic acids is 1. The number of H-pyrrole nitrogens is 1. The second kappa shape index (κ2) is 7.63. The molecule has 0 radical (unpaired) electrons. The zero-order valence-electron chi connectivity index (χ0n) is 15.8. The molecule has 0 bridgehead atoms. The van der Waals surface area contributed by atoms with Crippen LogP contribution in [0.15, 0.2) is 28.0 Å². The van der Waals surface area contributed by atoms with Crippen LogP contribution in [0, 0.1) is 0 Å². The number of piperidine rings is 1. The summed E-state index contributed by atoms with van der Waals surface area (Å²) in [6.07, 6.45) is 4.17. The van der Waals surface area contributed by atoms with Crippen molar-refractivity contribution < 1.29 is 9.53 Å². The van der Waals surface area contributed by atoms with Gasteiger partial charge in [-0.25, -0.2) is 4.99 Å². The van der Waals surface area contributed by atoms with E-state index in [1.807, 2.05) is 18.2 Å². The number of benzene rings is 1. The molecule has 1 fully saturated rings. The number of primary amides is 1. The molecule has 2 aliphatic heterocycles. The van der Waals surface area contributed by atoms with Gasteiger partial charge in [-0.2, -0.15) is 0 Å². The van der Waals surface area contributed by atoms with E-state index in [1.165, 1.54) is 6.42 Å². The summed E-state index contributed by atoms with van der Waals surface area (Å²) >= 11 is 0. The molecule has 1 aromatic heterocycles. The highest BCUT2D eigenvalue weighted by molar-refractivity contribution is 5.73. The molecular weight excluding hydrogens is 358 g/mol. The van der Waals surface area contributed by atoms with Crippen molar-refractivity contribution >= 4 is 18.2 Å². The SMILES string of the molecule is C=c1c(=O)[nH]c2n1Cc1cc(OC(CCC(N)=O)N3CCCCC3)ccc1N=2. The summed E-state index contributed by atoms with van der Waals surface area (Å²) in [5.74, 6) is 0.407. The van der Waals surface area contributed by atoms with Crippen LogP contribution in [-0.4, -0.2) is 39.7 Å². The Morgan fingerprint density at radius 1 is 1.32 bits per heavy atom. The van der Waals surface area contributed by atoms with Crippen LogP contribution in [0.5, 0.6) is 5.75 Å². The zero-order chi connectivity index (χ0) is 19.7. The van der Waals surface area contributed by atoms with Gasteiger partial charge in [-0.05, 0) is 31.0 Å². The van der Waals surface area contributed by atoms with Crippen molar-refractivity contribution in [1.82, 2.24) is 14.5 Å². The number of imidazole rings is 1. The fraction of sp³-hybridized carbons (Fsp3) is 0.450.